The van der Waals surface area contributed by atoms with Crippen molar-refractivity contribution in [2.75, 3.05) is 0 Å². The lowest BCUT2D eigenvalue weighted by atomic mass is 9.82. The Labute approximate surface area is 153 Å². The zero-order valence-corrected chi connectivity index (χ0v) is 15.3. The normalized spacial score (nSPS) is 14.1. The molecular weight excluding hydrogens is 328 g/mol. The maximum Gasteiger partial charge on any atom is 0.160 e. The number of rotatable bonds is 2. The van der Waals surface area contributed by atoms with Crippen LogP contribution in [0.25, 0.3) is 22.3 Å². The van der Waals surface area contributed by atoms with Gasteiger partial charge in [0.05, 0.1) is 0 Å². The second-order valence-corrected chi connectivity index (χ2v) is 7.58. The highest BCUT2D eigenvalue weighted by molar-refractivity contribution is 6.31. The van der Waals surface area contributed by atoms with Crippen LogP contribution in [0.15, 0.2) is 60.7 Å². The highest BCUT2D eigenvalue weighted by Crippen LogP contribution is 2.52. The van der Waals surface area contributed by atoms with E-state index >= 15 is 0 Å². The van der Waals surface area contributed by atoms with Gasteiger partial charge in [-0.3, -0.25) is 4.79 Å². The molecule has 2 heteroatoms. The van der Waals surface area contributed by atoms with Crippen molar-refractivity contribution in [2.24, 2.45) is 0 Å². The minimum absolute atomic E-state index is 0.0508. The van der Waals surface area contributed by atoms with E-state index in [9.17, 15) is 4.79 Å². The van der Waals surface area contributed by atoms with E-state index in [-0.39, 0.29) is 11.2 Å². The summed E-state index contributed by atoms with van der Waals surface area (Å²) in [7, 11) is 0. The van der Waals surface area contributed by atoms with Gasteiger partial charge in [-0.25, -0.2) is 0 Å². The molecule has 0 spiro atoms. The fourth-order valence-electron chi connectivity index (χ4n) is 4.03. The zero-order valence-electron chi connectivity index (χ0n) is 14.6. The van der Waals surface area contributed by atoms with Crippen LogP contribution in [0.3, 0.4) is 0 Å². The molecule has 0 fully saturated rings. The summed E-state index contributed by atoms with van der Waals surface area (Å²) in [6.07, 6.45) is 0. The SMILES string of the molecule is CC(=O)c1ccc(Cl)cc1-c1cccc2c1-c1ccccc1C2(C)C. The van der Waals surface area contributed by atoms with E-state index in [1.165, 1.54) is 22.3 Å². The van der Waals surface area contributed by atoms with Gasteiger partial charge in [-0.05, 0) is 58.5 Å². The monoisotopic (exact) mass is 346 g/mol. The minimum Gasteiger partial charge on any atom is -0.294 e. The summed E-state index contributed by atoms with van der Waals surface area (Å²) in [5.74, 6) is 0.0508. The standard InChI is InChI=1S/C23H19ClO/c1-14(25)16-12-11-15(24)13-19(16)17-8-6-10-21-22(17)18-7-4-5-9-20(18)23(21,2)3/h4-13H,1-3H3. The highest BCUT2D eigenvalue weighted by atomic mass is 35.5. The Morgan fingerprint density at radius 2 is 1.52 bits per heavy atom. The van der Waals surface area contributed by atoms with Crippen LogP contribution >= 0.6 is 11.6 Å². The molecule has 1 nitrogen and oxygen atoms in total. The molecule has 0 radical (unpaired) electrons. The first-order valence-electron chi connectivity index (χ1n) is 8.45. The first-order chi connectivity index (χ1) is 11.9. The van der Waals surface area contributed by atoms with Crippen molar-refractivity contribution >= 4 is 17.4 Å². The molecule has 0 saturated heterocycles. The number of Topliss-reactive ketones (excluding diaryl/α,β-unsaturated/α-hetero) is 1. The molecule has 0 heterocycles. The van der Waals surface area contributed by atoms with E-state index in [1.54, 1.807) is 13.0 Å². The van der Waals surface area contributed by atoms with Gasteiger partial charge >= 0.3 is 0 Å². The molecule has 124 valence electrons. The van der Waals surface area contributed by atoms with E-state index in [0.29, 0.717) is 10.6 Å². The number of carbonyl (C=O) groups is 1. The van der Waals surface area contributed by atoms with Crippen LogP contribution < -0.4 is 0 Å². The quantitative estimate of drug-likeness (QED) is 0.483. The number of hydrogen-bond donors (Lipinski definition) is 0. The van der Waals surface area contributed by atoms with E-state index in [1.807, 2.05) is 12.1 Å². The molecule has 4 rings (SSSR count). The van der Waals surface area contributed by atoms with Crippen molar-refractivity contribution < 1.29 is 4.79 Å². The van der Waals surface area contributed by atoms with Gasteiger partial charge in [0.1, 0.15) is 0 Å². The van der Waals surface area contributed by atoms with Gasteiger partial charge in [-0.1, -0.05) is 67.9 Å². The Morgan fingerprint density at radius 1 is 0.840 bits per heavy atom. The van der Waals surface area contributed by atoms with E-state index < -0.39 is 0 Å². The van der Waals surface area contributed by atoms with E-state index in [0.717, 1.165) is 11.1 Å². The van der Waals surface area contributed by atoms with Crippen molar-refractivity contribution in [1.29, 1.82) is 0 Å². The number of benzene rings is 3. The lowest BCUT2D eigenvalue weighted by Gasteiger charge is -2.21. The predicted octanol–water partition coefficient (Wildman–Crippen LogP) is 6.52. The molecule has 1 aliphatic rings. The largest absolute Gasteiger partial charge is 0.294 e. The van der Waals surface area contributed by atoms with E-state index in [4.69, 9.17) is 11.6 Å². The van der Waals surface area contributed by atoms with Gasteiger partial charge in [0, 0.05) is 16.0 Å². The number of fused-ring (bicyclic) bond motifs is 3. The van der Waals surface area contributed by atoms with Gasteiger partial charge in [-0.15, -0.1) is 0 Å². The van der Waals surface area contributed by atoms with Crippen LogP contribution in [-0.2, 0) is 5.41 Å². The molecule has 25 heavy (non-hydrogen) atoms. The summed E-state index contributed by atoms with van der Waals surface area (Å²) >= 11 is 6.27. The smallest absolute Gasteiger partial charge is 0.160 e. The maximum atomic E-state index is 12.2. The number of halogens is 1. The molecule has 0 saturated carbocycles. The van der Waals surface area contributed by atoms with Gasteiger partial charge in [0.25, 0.3) is 0 Å². The van der Waals surface area contributed by atoms with E-state index in [2.05, 4.69) is 56.3 Å². The van der Waals surface area contributed by atoms with Gasteiger partial charge in [-0.2, -0.15) is 0 Å². The fraction of sp³-hybridized carbons (Fsp3) is 0.174. The third-order valence-electron chi connectivity index (χ3n) is 5.26. The molecule has 3 aromatic rings. The minimum atomic E-state index is -0.0586. The summed E-state index contributed by atoms with van der Waals surface area (Å²) in [5, 5.41) is 0.642. The Kier molecular flexibility index (Phi) is 3.59. The molecule has 1 aliphatic carbocycles. The number of hydrogen-bond acceptors (Lipinski definition) is 1. The molecule has 0 unspecified atom stereocenters. The average Bonchev–Trinajstić information content (AvgIpc) is 2.83. The highest BCUT2D eigenvalue weighted by Gasteiger charge is 2.36. The Bertz CT molecular complexity index is 1010. The van der Waals surface area contributed by atoms with Crippen molar-refractivity contribution in [3.05, 3.63) is 82.4 Å². The van der Waals surface area contributed by atoms with Gasteiger partial charge in [0.15, 0.2) is 5.78 Å². The molecule has 0 atom stereocenters. The fourth-order valence-corrected chi connectivity index (χ4v) is 4.20. The molecule has 0 aromatic heterocycles. The summed E-state index contributed by atoms with van der Waals surface area (Å²) in [4.78, 5) is 12.2. The second kappa shape index (κ2) is 5.57. The van der Waals surface area contributed by atoms with Gasteiger partial charge < -0.3 is 0 Å². The number of carbonyl (C=O) groups excluding carboxylic acids is 1. The zero-order chi connectivity index (χ0) is 17.8. The van der Waals surface area contributed by atoms with Crippen LogP contribution in [0.5, 0.6) is 0 Å². The van der Waals surface area contributed by atoms with Crippen LogP contribution in [0, 0.1) is 0 Å². The predicted molar refractivity (Wildman–Crippen MR) is 104 cm³/mol. The van der Waals surface area contributed by atoms with Crippen molar-refractivity contribution in [3.63, 3.8) is 0 Å². The topological polar surface area (TPSA) is 17.1 Å². The second-order valence-electron chi connectivity index (χ2n) is 7.14. The molecule has 0 amide bonds. The van der Waals surface area contributed by atoms with Crippen molar-refractivity contribution in [3.8, 4) is 22.3 Å². The van der Waals surface area contributed by atoms with Crippen molar-refractivity contribution in [2.45, 2.75) is 26.2 Å². The third kappa shape index (κ3) is 2.34. The Morgan fingerprint density at radius 3 is 2.28 bits per heavy atom. The summed E-state index contributed by atoms with van der Waals surface area (Å²) in [5.41, 5.74) is 7.70. The first kappa shape index (κ1) is 16.1. The lowest BCUT2D eigenvalue weighted by Crippen LogP contribution is -2.14. The Hall–Kier alpha value is -2.38. The van der Waals surface area contributed by atoms with Gasteiger partial charge in [0.2, 0.25) is 0 Å². The average molecular weight is 347 g/mol. The number of ketones is 1. The van der Waals surface area contributed by atoms with Crippen LogP contribution in [0.4, 0.5) is 0 Å². The molecular formula is C23H19ClO. The third-order valence-corrected chi connectivity index (χ3v) is 5.49. The van der Waals surface area contributed by atoms with Crippen molar-refractivity contribution in [1.82, 2.24) is 0 Å². The molecule has 0 aliphatic heterocycles. The van der Waals surface area contributed by atoms with Crippen LogP contribution in [0.1, 0.15) is 42.3 Å². The molecule has 3 aromatic carbocycles. The summed E-state index contributed by atoms with van der Waals surface area (Å²) in [6.45, 7) is 6.12. The van der Waals surface area contributed by atoms with Crippen LogP contribution in [-0.4, -0.2) is 5.78 Å². The Balaban J connectivity index is 2.09. The maximum absolute atomic E-state index is 12.2. The first-order valence-corrected chi connectivity index (χ1v) is 8.83. The summed E-state index contributed by atoms with van der Waals surface area (Å²) < 4.78 is 0. The van der Waals surface area contributed by atoms with Crippen LogP contribution in [0.2, 0.25) is 5.02 Å². The summed E-state index contributed by atoms with van der Waals surface area (Å²) in [6, 6.07) is 20.4. The lowest BCUT2D eigenvalue weighted by molar-refractivity contribution is 0.101. The molecule has 0 N–H and O–H groups in total. The molecule has 0 bridgehead atoms.